The zero-order valence-electron chi connectivity index (χ0n) is 44.1. The molecule has 0 rings (SSSR count). The van der Waals surface area contributed by atoms with E-state index in [9.17, 15) is 9.13 Å². The average molecular weight is 947 g/mol. The fourth-order valence-electron chi connectivity index (χ4n) is 8.85. The first kappa shape index (κ1) is 64.3. The summed E-state index contributed by atoms with van der Waals surface area (Å²) in [5.41, 5.74) is 0. The highest BCUT2D eigenvalue weighted by molar-refractivity contribution is 8.27. The van der Waals surface area contributed by atoms with Crippen molar-refractivity contribution in [3.05, 3.63) is 0 Å². The minimum absolute atomic E-state index is 0.265. The van der Waals surface area contributed by atoms with Gasteiger partial charge in [-0.2, -0.15) is 0 Å². The molecule has 0 aromatic rings. The van der Waals surface area contributed by atoms with Crippen LogP contribution >= 0.6 is 14.6 Å². The van der Waals surface area contributed by atoms with E-state index in [1.165, 1.54) is 231 Å². The maximum atomic E-state index is 14.8. The largest absolute Gasteiger partial charge is 0.441 e. The van der Waals surface area contributed by atoms with E-state index < -0.39 is 14.6 Å². The van der Waals surface area contributed by atoms with Crippen LogP contribution in [0.4, 0.5) is 0 Å². The summed E-state index contributed by atoms with van der Waals surface area (Å²) in [7, 11) is -8.33. The van der Waals surface area contributed by atoms with E-state index in [0.29, 0.717) is 0 Å². The standard InChI is InChI=1S/C56H116O6P2/c1-5-9-13-17-21-25-29-33-37-41-45-49-53-59-63(57,60-54-50-46-42-38-34-30-26-22-18-14-10-6-2)64(58,61-55-51-47-43-39-35-31-27-23-19-15-11-7-3)62-56-52-48-44-40-36-32-28-24-20-16-12-8-4/h5-56H2,1-4H3. The average Bonchev–Trinajstić information content (AvgIpc) is 3.30. The highest BCUT2D eigenvalue weighted by Gasteiger charge is 2.51. The molecule has 0 aliphatic rings. The zero-order chi connectivity index (χ0) is 46.6. The lowest BCUT2D eigenvalue weighted by Crippen LogP contribution is -2.07. The summed E-state index contributed by atoms with van der Waals surface area (Å²) in [6.45, 7) is 10.2. The molecule has 0 spiro atoms. The van der Waals surface area contributed by atoms with E-state index >= 15 is 0 Å². The molecule has 0 unspecified atom stereocenters. The minimum Gasteiger partial charge on any atom is -0.300 e. The van der Waals surface area contributed by atoms with E-state index in [1.807, 2.05) is 0 Å². The molecule has 0 saturated carbocycles. The molecule has 0 N–H and O–H groups in total. The molecule has 386 valence electrons. The summed E-state index contributed by atoms with van der Waals surface area (Å²) in [6, 6.07) is 0. The summed E-state index contributed by atoms with van der Waals surface area (Å²) < 4.78 is 54.1. The van der Waals surface area contributed by atoms with Crippen LogP contribution in [-0.2, 0) is 27.2 Å². The van der Waals surface area contributed by atoms with Crippen LogP contribution < -0.4 is 0 Å². The highest BCUT2D eigenvalue weighted by atomic mass is 32.1. The van der Waals surface area contributed by atoms with Gasteiger partial charge in [0.2, 0.25) is 0 Å². The predicted octanol–water partition coefficient (Wildman–Crippen LogP) is 22.2. The molecule has 0 amide bonds. The third kappa shape index (κ3) is 43.6. The molecule has 8 heteroatoms. The summed E-state index contributed by atoms with van der Waals surface area (Å²) in [4.78, 5) is 0. The van der Waals surface area contributed by atoms with Crippen LogP contribution in [0.15, 0.2) is 0 Å². The van der Waals surface area contributed by atoms with Crippen LogP contribution in [0.25, 0.3) is 0 Å². The number of unbranched alkanes of at least 4 members (excludes halogenated alkanes) is 44. The maximum absolute atomic E-state index is 14.8. The Morgan fingerprint density at radius 1 is 0.188 bits per heavy atom. The Kier molecular flexibility index (Phi) is 52.9. The van der Waals surface area contributed by atoms with Crippen LogP contribution in [0.5, 0.6) is 0 Å². The fourth-order valence-corrected chi connectivity index (χ4v) is 13.7. The minimum atomic E-state index is -4.16. The molecule has 0 aliphatic heterocycles. The van der Waals surface area contributed by atoms with Crippen molar-refractivity contribution >= 4 is 14.6 Å². The van der Waals surface area contributed by atoms with Crippen LogP contribution in [0, 0.1) is 0 Å². The molecule has 0 aromatic heterocycles. The second-order valence-corrected chi connectivity index (χ2v) is 25.7. The van der Waals surface area contributed by atoms with Gasteiger partial charge < -0.3 is 18.1 Å². The Labute approximate surface area is 402 Å². The van der Waals surface area contributed by atoms with E-state index in [4.69, 9.17) is 18.1 Å². The van der Waals surface area contributed by atoms with Crippen molar-refractivity contribution in [2.24, 2.45) is 0 Å². The third-order valence-corrected chi connectivity index (χ3v) is 19.1. The molecular formula is C56H116O6P2. The van der Waals surface area contributed by atoms with Gasteiger partial charge in [0.1, 0.15) is 0 Å². The van der Waals surface area contributed by atoms with Crippen molar-refractivity contribution in [1.29, 1.82) is 0 Å². The van der Waals surface area contributed by atoms with Gasteiger partial charge in [-0.15, -0.1) is 0 Å². The molecule has 6 nitrogen and oxygen atoms in total. The Bertz CT molecular complexity index is 835. The predicted molar refractivity (Wildman–Crippen MR) is 283 cm³/mol. The van der Waals surface area contributed by atoms with E-state index in [0.717, 1.165) is 77.0 Å². The lowest BCUT2D eigenvalue weighted by molar-refractivity contribution is 0.171. The summed E-state index contributed by atoms with van der Waals surface area (Å²) in [5.74, 6) is 0. The molecule has 0 heterocycles. The molecular weight excluding hydrogens is 831 g/mol. The fraction of sp³-hybridized carbons (Fsp3) is 1.00. The van der Waals surface area contributed by atoms with Crippen molar-refractivity contribution in [2.45, 2.75) is 336 Å². The Balaban J connectivity index is 5.18. The molecule has 0 bridgehead atoms. The first-order valence-corrected chi connectivity index (χ1v) is 33.1. The van der Waals surface area contributed by atoms with E-state index in [2.05, 4.69) is 27.7 Å². The topological polar surface area (TPSA) is 71.1 Å². The summed E-state index contributed by atoms with van der Waals surface area (Å²) in [6.07, 6.45) is 59.6. The highest BCUT2D eigenvalue weighted by Crippen LogP contribution is 2.83. The maximum Gasteiger partial charge on any atom is 0.441 e. The summed E-state index contributed by atoms with van der Waals surface area (Å²) >= 11 is 0. The van der Waals surface area contributed by atoms with Gasteiger partial charge in [-0.1, -0.05) is 310 Å². The molecule has 0 fully saturated rings. The molecule has 0 radical (unpaired) electrons. The lowest BCUT2D eigenvalue weighted by atomic mass is 10.1. The Hall–Kier alpha value is 0.300. The van der Waals surface area contributed by atoms with Gasteiger partial charge in [-0.05, 0) is 25.7 Å². The number of hydrogen-bond donors (Lipinski definition) is 0. The number of hydrogen-bond acceptors (Lipinski definition) is 6. The van der Waals surface area contributed by atoms with Crippen LogP contribution in [0.1, 0.15) is 336 Å². The lowest BCUT2D eigenvalue weighted by Gasteiger charge is -2.26. The van der Waals surface area contributed by atoms with Crippen molar-refractivity contribution in [1.82, 2.24) is 0 Å². The van der Waals surface area contributed by atoms with Gasteiger partial charge in [0.05, 0.1) is 26.4 Å². The quantitative estimate of drug-likeness (QED) is 0.0447. The number of rotatable bonds is 57. The Morgan fingerprint density at radius 3 is 0.422 bits per heavy atom. The van der Waals surface area contributed by atoms with Gasteiger partial charge in [0.25, 0.3) is 0 Å². The monoisotopic (exact) mass is 947 g/mol. The van der Waals surface area contributed by atoms with Gasteiger partial charge in [-0.3, -0.25) is 0 Å². The first-order chi connectivity index (χ1) is 31.5. The van der Waals surface area contributed by atoms with Crippen LogP contribution in [-0.4, -0.2) is 26.4 Å². The zero-order valence-corrected chi connectivity index (χ0v) is 45.9. The first-order valence-electron chi connectivity index (χ1n) is 29.3. The Morgan fingerprint density at radius 2 is 0.297 bits per heavy atom. The second-order valence-electron chi connectivity index (χ2n) is 19.8. The van der Waals surface area contributed by atoms with Crippen molar-refractivity contribution in [2.75, 3.05) is 26.4 Å². The second kappa shape index (κ2) is 52.7. The van der Waals surface area contributed by atoms with E-state index in [-0.39, 0.29) is 26.4 Å². The summed E-state index contributed by atoms with van der Waals surface area (Å²) in [5, 5.41) is 0. The SMILES string of the molecule is CCCCCCCCCCCCCCOP(=O)(OCCCCCCCCCCCCCC)P(=O)(OCCCCCCCCCCCCCC)OCCCCCCCCCCCCCC. The third-order valence-electron chi connectivity index (χ3n) is 13.3. The van der Waals surface area contributed by atoms with Crippen molar-refractivity contribution in [3.8, 4) is 0 Å². The van der Waals surface area contributed by atoms with Gasteiger partial charge in [0.15, 0.2) is 0 Å². The normalized spacial score (nSPS) is 12.2. The van der Waals surface area contributed by atoms with Crippen LogP contribution in [0.3, 0.4) is 0 Å². The molecule has 0 atom stereocenters. The molecule has 64 heavy (non-hydrogen) atoms. The van der Waals surface area contributed by atoms with E-state index in [1.54, 1.807) is 0 Å². The van der Waals surface area contributed by atoms with Gasteiger partial charge in [0, 0.05) is 0 Å². The van der Waals surface area contributed by atoms with Crippen LogP contribution in [0.2, 0.25) is 0 Å². The molecule has 0 saturated heterocycles. The molecule has 0 aliphatic carbocycles. The van der Waals surface area contributed by atoms with Crippen molar-refractivity contribution in [3.63, 3.8) is 0 Å². The smallest absolute Gasteiger partial charge is 0.300 e. The molecule has 0 aromatic carbocycles. The van der Waals surface area contributed by atoms with Gasteiger partial charge in [-0.25, -0.2) is 9.13 Å². The van der Waals surface area contributed by atoms with Gasteiger partial charge >= 0.3 is 14.6 Å². The van der Waals surface area contributed by atoms with Crippen molar-refractivity contribution < 1.29 is 27.2 Å².